The van der Waals surface area contributed by atoms with E-state index in [4.69, 9.17) is 0 Å². The van der Waals surface area contributed by atoms with Crippen molar-refractivity contribution < 1.29 is 25.0 Å². The zero-order valence-corrected chi connectivity index (χ0v) is 13.2. The normalized spacial score (nSPS) is 25.9. The minimum Gasteiger partial charge on any atom is -0.492 e. The molecule has 23 heavy (non-hydrogen) atoms. The van der Waals surface area contributed by atoms with Gasteiger partial charge < -0.3 is 26.1 Å². The van der Waals surface area contributed by atoms with Crippen molar-refractivity contribution in [1.29, 1.82) is 0 Å². The van der Waals surface area contributed by atoms with Crippen molar-refractivity contribution >= 4 is 23.6 Å². The number of aromatic hydroxyl groups is 2. The fourth-order valence-electron chi connectivity index (χ4n) is 3.09. The maximum absolute atomic E-state index is 12.0. The minimum atomic E-state index is -0.638. The molecule has 2 aliphatic heterocycles. The molecule has 3 atom stereocenters. The van der Waals surface area contributed by atoms with Gasteiger partial charge in [-0.3, -0.25) is 4.79 Å². The fraction of sp³-hybridized carbons (Fsp3) is 0.571. The summed E-state index contributed by atoms with van der Waals surface area (Å²) in [6.07, 6.45) is 2.60. The smallest absolute Gasteiger partial charge is 0.315 e. The number of nitrogens with zero attached hydrogens (tertiary/aromatic N) is 1. The van der Waals surface area contributed by atoms with Crippen LogP contribution in [0.15, 0.2) is 6.07 Å². The van der Waals surface area contributed by atoms with Crippen molar-refractivity contribution in [2.75, 3.05) is 5.75 Å². The average molecular weight is 341 g/mol. The van der Waals surface area contributed by atoms with Crippen molar-refractivity contribution in [3.63, 3.8) is 0 Å². The summed E-state index contributed by atoms with van der Waals surface area (Å²) in [6, 6.07) is 1.30. The molecule has 0 spiro atoms. The summed E-state index contributed by atoms with van der Waals surface area (Å²) < 4.78 is 0.179. The van der Waals surface area contributed by atoms with Crippen LogP contribution in [0.25, 0.3) is 0 Å². The zero-order chi connectivity index (χ0) is 16.6. The predicted octanol–water partition coefficient (Wildman–Crippen LogP) is 1.05. The number of rotatable bonds is 6. The van der Waals surface area contributed by atoms with E-state index in [0.29, 0.717) is 11.7 Å². The van der Waals surface area contributed by atoms with Gasteiger partial charge in [0, 0.05) is 23.5 Å². The van der Waals surface area contributed by atoms with Crippen LogP contribution < -0.4 is 10.6 Å². The quantitative estimate of drug-likeness (QED) is 0.228. The largest absolute Gasteiger partial charge is 0.492 e. The Bertz CT molecular complexity index is 632. The lowest BCUT2D eigenvalue weighted by atomic mass is 10.0. The second-order valence-corrected chi connectivity index (χ2v) is 7.11. The van der Waals surface area contributed by atoms with E-state index < -0.39 is 11.8 Å². The molecule has 0 unspecified atom stereocenters. The lowest BCUT2D eigenvalue weighted by Crippen LogP contribution is -2.36. The molecule has 126 valence electrons. The highest BCUT2D eigenvalue weighted by Gasteiger charge is 2.42. The van der Waals surface area contributed by atoms with Crippen LogP contribution in [0.5, 0.6) is 11.8 Å². The number of Topliss-reactive ketones (excluding diaryl/α,β-unsaturated/α-hetero) is 1. The Kier molecular flexibility index (Phi) is 4.29. The second-order valence-electron chi connectivity index (χ2n) is 5.84. The van der Waals surface area contributed by atoms with E-state index in [1.54, 1.807) is 0 Å². The number of unbranched alkanes of at least 4 members (excludes halogenated alkanes) is 1. The number of nitrogens with one attached hydrogen (secondary N) is 2. The molecule has 8 nitrogen and oxygen atoms in total. The maximum Gasteiger partial charge on any atom is 0.315 e. The summed E-state index contributed by atoms with van der Waals surface area (Å²) in [4.78, 5) is 23.3. The molecule has 1 aromatic heterocycles. The summed E-state index contributed by atoms with van der Waals surface area (Å²) in [5.41, 5.74) is -0.0763. The molecule has 0 bridgehead atoms. The Labute approximate surface area is 136 Å². The third kappa shape index (κ3) is 3.05. The van der Waals surface area contributed by atoms with Gasteiger partial charge in [-0.25, -0.2) is 4.79 Å². The van der Waals surface area contributed by atoms with Crippen molar-refractivity contribution in [1.82, 2.24) is 15.4 Å². The number of urea groups is 1. The molecule has 2 fully saturated rings. The van der Waals surface area contributed by atoms with Gasteiger partial charge in [0.2, 0.25) is 11.8 Å². The molecular formula is C14H19N3O5S. The second kappa shape index (κ2) is 6.23. The highest BCUT2D eigenvalue weighted by Crippen LogP contribution is 2.33. The van der Waals surface area contributed by atoms with Crippen LogP contribution in [0.2, 0.25) is 0 Å². The molecular weight excluding hydrogens is 322 g/mol. The van der Waals surface area contributed by atoms with Gasteiger partial charge in [-0.1, -0.05) is 6.42 Å². The number of fused-ring (bicyclic) bond motifs is 1. The number of ketones is 1. The van der Waals surface area contributed by atoms with Gasteiger partial charge in [-0.05, 0) is 12.8 Å². The Hall–Kier alpha value is -2.03. The molecule has 2 saturated heterocycles. The number of carbonyl (C=O) groups is 2. The third-order valence-electron chi connectivity index (χ3n) is 4.31. The predicted molar refractivity (Wildman–Crippen MR) is 83.2 cm³/mol. The number of thioether (sulfide) groups is 1. The molecule has 2 aliphatic rings. The van der Waals surface area contributed by atoms with Crippen LogP contribution in [0, 0.1) is 0 Å². The van der Waals surface area contributed by atoms with Crippen LogP contribution in [-0.4, -0.2) is 55.1 Å². The van der Waals surface area contributed by atoms with Crippen molar-refractivity contribution in [3.8, 4) is 11.8 Å². The molecule has 1 aromatic rings. The summed E-state index contributed by atoms with van der Waals surface area (Å²) >= 11 is 1.83. The van der Waals surface area contributed by atoms with Crippen molar-refractivity contribution in [3.05, 3.63) is 11.6 Å². The molecule has 0 aromatic carbocycles. The molecule has 0 aliphatic carbocycles. The topological polar surface area (TPSA) is 124 Å². The first-order chi connectivity index (χ1) is 11.0. The van der Waals surface area contributed by atoms with E-state index in [0.717, 1.165) is 24.7 Å². The number of hydrogen-bond acceptors (Lipinski definition) is 6. The van der Waals surface area contributed by atoms with Crippen LogP contribution >= 0.6 is 11.8 Å². The highest BCUT2D eigenvalue weighted by atomic mass is 32.2. The Morgan fingerprint density at radius 1 is 1.35 bits per heavy atom. The molecule has 0 radical (unpaired) electrons. The van der Waals surface area contributed by atoms with Crippen molar-refractivity contribution in [2.24, 2.45) is 0 Å². The van der Waals surface area contributed by atoms with Crippen LogP contribution in [0.1, 0.15) is 36.0 Å². The van der Waals surface area contributed by atoms with Crippen LogP contribution in [0.4, 0.5) is 4.79 Å². The monoisotopic (exact) mass is 341 g/mol. The third-order valence-corrected chi connectivity index (χ3v) is 5.82. The number of hydrogen-bond donors (Lipinski definition) is 5. The van der Waals surface area contributed by atoms with Crippen LogP contribution in [-0.2, 0) is 0 Å². The Morgan fingerprint density at radius 2 is 2.13 bits per heavy atom. The number of amides is 2. The van der Waals surface area contributed by atoms with Gasteiger partial charge in [-0.15, -0.1) is 4.73 Å². The lowest BCUT2D eigenvalue weighted by Gasteiger charge is -2.16. The molecule has 3 rings (SSSR count). The van der Waals surface area contributed by atoms with Gasteiger partial charge in [-0.2, -0.15) is 11.8 Å². The highest BCUT2D eigenvalue weighted by molar-refractivity contribution is 8.00. The van der Waals surface area contributed by atoms with E-state index in [-0.39, 0.29) is 40.6 Å². The SMILES string of the molecule is O=C1N[C@H]2[C@H](CS[C@H]2CCCCC(=O)c2cc(O)n(O)c2O)N1. The summed E-state index contributed by atoms with van der Waals surface area (Å²) in [5.74, 6) is -0.618. The standard InChI is InChI=1S/C14H19N3O5S/c18-9(7-5-11(19)17(22)13(7)20)3-1-2-4-10-12-8(6-23-10)15-14(21)16-12/h5,8,10,12,19-20,22H,1-4,6H2,(H2,15,16,21)/t8-,10-,12-/m0/s1. The van der Waals surface area contributed by atoms with Gasteiger partial charge in [0.05, 0.1) is 17.6 Å². The first-order valence-electron chi connectivity index (χ1n) is 7.52. The van der Waals surface area contributed by atoms with E-state index in [2.05, 4.69) is 10.6 Å². The van der Waals surface area contributed by atoms with Gasteiger partial charge in [0.25, 0.3) is 0 Å². The molecule has 2 amide bonds. The fourth-order valence-corrected chi connectivity index (χ4v) is 4.63. The maximum atomic E-state index is 12.0. The van der Waals surface area contributed by atoms with E-state index >= 15 is 0 Å². The van der Waals surface area contributed by atoms with Crippen molar-refractivity contribution in [2.45, 2.75) is 43.0 Å². The van der Waals surface area contributed by atoms with E-state index in [9.17, 15) is 25.0 Å². The molecule has 0 saturated carbocycles. The van der Waals surface area contributed by atoms with Gasteiger partial charge >= 0.3 is 6.03 Å². The first-order valence-corrected chi connectivity index (χ1v) is 8.57. The van der Waals surface area contributed by atoms with E-state index in [1.165, 1.54) is 0 Å². The Balaban J connectivity index is 1.44. The van der Waals surface area contributed by atoms with Gasteiger partial charge in [0.1, 0.15) is 0 Å². The minimum absolute atomic E-state index is 0.0763. The lowest BCUT2D eigenvalue weighted by molar-refractivity contribution is 0.0966. The molecule has 5 N–H and O–H groups in total. The molecule has 3 heterocycles. The first kappa shape index (κ1) is 15.9. The summed E-state index contributed by atoms with van der Waals surface area (Å²) in [6.45, 7) is 0. The Morgan fingerprint density at radius 3 is 2.83 bits per heavy atom. The van der Waals surface area contributed by atoms with E-state index in [1.807, 2.05) is 11.8 Å². The number of carbonyl (C=O) groups excluding carboxylic acids is 2. The summed E-state index contributed by atoms with van der Waals surface area (Å²) in [5, 5.41) is 34.2. The average Bonchev–Trinajstić information content (AvgIpc) is 3.13. The number of aromatic nitrogens is 1. The summed E-state index contributed by atoms with van der Waals surface area (Å²) in [7, 11) is 0. The zero-order valence-electron chi connectivity index (χ0n) is 12.4. The molecule has 9 heteroatoms. The van der Waals surface area contributed by atoms with Crippen LogP contribution in [0.3, 0.4) is 0 Å². The van der Waals surface area contributed by atoms with Gasteiger partial charge in [0.15, 0.2) is 5.78 Å².